The largest absolute Gasteiger partial charge is 0.487 e. The van der Waals surface area contributed by atoms with Crippen LogP contribution in [0.4, 0.5) is 0 Å². The second-order valence-corrected chi connectivity index (χ2v) is 1.52. The zero-order chi connectivity index (χ0) is 4.99. The maximum atomic E-state index is 7.72. The minimum absolute atomic E-state index is 0.435. The van der Waals surface area contributed by atoms with Gasteiger partial charge in [-0.05, 0) is 0 Å². The average Bonchev–Trinajstić information content (AvgIpc) is 1.35. The van der Waals surface area contributed by atoms with Crippen LogP contribution in [0.1, 0.15) is 0 Å². The van der Waals surface area contributed by atoms with Crippen molar-refractivity contribution in [2.24, 2.45) is 0 Å². The van der Waals surface area contributed by atoms with Gasteiger partial charge in [0.05, 0.1) is 0 Å². The molecule has 0 aromatic carbocycles. The maximum Gasteiger partial charge on any atom is 0.487 e. The SMILES string of the molecule is O[B]OC(Cl)Cl. The first-order chi connectivity index (χ1) is 2.77. The molecule has 0 unspecified atom stereocenters. The Bertz CT molecular complexity index is 32.7. The molecule has 0 aliphatic rings. The maximum absolute atomic E-state index is 7.72. The number of rotatable bonds is 2. The second-order valence-electron chi connectivity index (χ2n) is 0.502. The molecule has 0 fully saturated rings. The van der Waals surface area contributed by atoms with E-state index in [1.807, 2.05) is 0 Å². The summed E-state index contributed by atoms with van der Waals surface area (Å²) >= 11 is 9.86. The van der Waals surface area contributed by atoms with Gasteiger partial charge in [0.25, 0.3) is 0 Å². The van der Waals surface area contributed by atoms with Crippen molar-refractivity contribution in [3.05, 3.63) is 0 Å². The van der Waals surface area contributed by atoms with Crippen molar-refractivity contribution in [3.8, 4) is 0 Å². The van der Waals surface area contributed by atoms with Crippen LogP contribution >= 0.6 is 23.2 Å². The van der Waals surface area contributed by atoms with Crippen LogP contribution in [0.15, 0.2) is 0 Å². The van der Waals surface area contributed by atoms with E-state index in [1.54, 1.807) is 0 Å². The lowest BCUT2D eigenvalue weighted by Gasteiger charge is -1.92. The van der Waals surface area contributed by atoms with Gasteiger partial charge in [0.2, 0.25) is 0 Å². The zero-order valence-electron chi connectivity index (χ0n) is 2.77. The van der Waals surface area contributed by atoms with Gasteiger partial charge >= 0.3 is 7.69 Å². The number of alkyl halides is 2. The van der Waals surface area contributed by atoms with Gasteiger partial charge in [-0.15, -0.1) is 0 Å². The summed E-state index contributed by atoms with van der Waals surface area (Å²) in [6.07, 6.45) is 0. The lowest BCUT2D eigenvalue weighted by atomic mass is 10.4. The van der Waals surface area contributed by atoms with Gasteiger partial charge in [-0.2, -0.15) is 0 Å². The number of halogens is 2. The zero-order valence-corrected chi connectivity index (χ0v) is 4.28. The van der Waals surface area contributed by atoms with Crippen LogP contribution < -0.4 is 0 Å². The van der Waals surface area contributed by atoms with E-state index in [-0.39, 0.29) is 0 Å². The fourth-order valence-electron chi connectivity index (χ4n) is 0.0460. The molecule has 0 spiro atoms. The molecule has 35 valence electrons. The summed E-state index contributed by atoms with van der Waals surface area (Å²) in [7, 11) is 0.435. The smallest absolute Gasteiger partial charge is 0.429 e. The van der Waals surface area contributed by atoms with Crippen LogP contribution in [-0.2, 0) is 4.65 Å². The lowest BCUT2D eigenvalue weighted by Crippen LogP contribution is -2.00. The van der Waals surface area contributed by atoms with E-state index in [9.17, 15) is 0 Å². The highest BCUT2D eigenvalue weighted by molar-refractivity contribution is 6.44. The van der Waals surface area contributed by atoms with Crippen molar-refractivity contribution in [2.75, 3.05) is 0 Å². The minimum Gasteiger partial charge on any atom is -0.429 e. The third-order valence-corrected chi connectivity index (χ3v) is 0.369. The summed E-state index contributed by atoms with van der Waals surface area (Å²) in [4.78, 5) is 0. The molecule has 0 aromatic rings. The summed E-state index contributed by atoms with van der Waals surface area (Å²) in [6.45, 7) is 0. The molecule has 1 radical (unpaired) electrons. The summed E-state index contributed by atoms with van der Waals surface area (Å²) in [5.74, 6) is 0. The summed E-state index contributed by atoms with van der Waals surface area (Å²) in [5.41, 5.74) is 0. The molecule has 0 heterocycles. The van der Waals surface area contributed by atoms with Gasteiger partial charge in [0.15, 0.2) is 5.02 Å². The molecule has 2 nitrogen and oxygen atoms in total. The van der Waals surface area contributed by atoms with E-state index in [4.69, 9.17) is 28.2 Å². The average molecular weight is 128 g/mol. The van der Waals surface area contributed by atoms with Crippen LogP contribution in [0.2, 0.25) is 0 Å². The molecule has 0 saturated carbocycles. The van der Waals surface area contributed by atoms with Gasteiger partial charge < -0.3 is 9.68 Å². The highest BCUT2D eigenvalue weighted by Crippen LogP contribution is 1.99. The Balaban J connectivity index is 2.63. The van der Waals surface area contributed by atoms with Gasteiger partial charge in [-0.1, -0.05) is 23.2 Å². The molecule has 0 amide bonds. The molecule has 0 aromatic heterocycles. The van der Waals surface area contributed by atoms with E-state index in [2.05, 4.69) is 4.65 Å². The van der Waals surface area contributed by atoms with Crippen LogP contribution in [0, 0.1) is 0 Å². The molecule has 6 heavy (non-hydrogen) atoms. The van der Waals surface area contributed by atoms with Crippen molar-refractivity contribution in [1.29, 1.82) is 0 Å². The van der Waals surface area contributed by atoms with Crippen LogP contribution in [0.3, 0.4) is 0 Å². The van der Waals surface area contributed by atoms with Crippen LogP contribution in [0.25, 0.3) is 0 Å². The van der Waals surface area contributed by atoms with Crippen molar-refractivity contribution in [3.63, 3.8) is 0 Å². The normalized spacial score (nSPS) is 9.33. The van der Waals surface area contributed by atoms with Crippen molar-refractivity contribution in [2.45, 2.75) is 5.02 Å². The second kappa shape index (κ2) is 3.74. The van der Waals surface area contributed by atoms with E-state index in [0.717, 1.165) is 0 Å². The Labute approximate surface area is 46.3 Å². The summed E-state index contributed by atoms with van der Waals surface area (Å²) < 4.78 is 4.00. The molecule has 5 heteroatoms. The monoisotopic (exact) mass is 127 g/mol. The summed E-state index contributed by atoms with van der Waals surface area (Å²) in [6, 6.07) is 0. The first kappa shape index (κ1) is 6.56. The Morgan fingerprint density at radius 1 is 1.67 bits per heavy atom. The van der Waals surface area contributed by atoms with E-state index in [0.29, 0.717) is 7.69 Å². The van der Waals surface area contributed by atoms with Crippen molar-refractivity contribution < 1.29 is 9.68 Å². The van der Waals surface area contributed by atoms with E-state index in [1.165, 1.54) is 0 Å². The first-order valence-corrected chi connectivity index (χ1v) is 2.04. The molecule has 1 N–H and O–H groups in total. The quantitative estimate of drug-likeness (QED) is 0.427. The lowest BCUT2D eigenvalue weighted by molar-refractivity contribution is 0.313. The fraction of sp³-hybridized carbons (Fsp3) is 1.00. The van der Waals surface area contributed by atoms with Gasteiger partial charge in [-0.3, -0.25) is 0 Å². The summed E-state index contributed by atoms with van der Waals surface area (Å²) in [5, 5.41) is 6.76. The minimum atomic E-state index is -0.963. The standard InChI is InChI=1S/CH2BCl2O2/c3-1(4)6-2-5/h1,5H. The predicted octanol–water partition coefficient (Wildman–Crippen LogP) is 0.291. The molecule has 0 saturated heterocycles. The molecule has 0 aliphatic carbocycles. The molecule has 0 rings (SSSR count). The highest BCUT2D eigenvalue weighted by atomic mass is 35.5. The third-order valence-electron chi connectivity index (χ3n) is 0.164. The molecule has 0 aliphatic heterocycles. The first-order valence-electron chi connectivity index (χ1n) is 1.17. The van der Waals surface area contributed by atoms with E-state index < -0.39 is 5.02 Å². The molecule has 0 bridgehead atoms. The topological polar surface area (TPSA) is 29.5 Å². The molecular formula is CH2BCl2O2. The third kappa shape index (κ3) is 4.56. The predicted molar refractivity (Wildman–Crippen MR) is 24.6 cm³/mol. The van der Waals surface area contributed by atoms with Crippen LogP contribution in [0.5, 0.6) is 0 Å². The van der Waals surface area contributed by atoms with Crippen molar-refractivity contribution in [1.82, 2.24) is 0 Å². The Hall–Kier alpha value is 0.565. The van der Waals surface area contributed by atoms with E-state index >= 15 is 0 Å². The molecular weight excluding hydrogens is 126 g/mol. The number of hydrogen-bond acceptors (Lipinski definition) is 2. The van der Waals surface area contributed by atoms with Gasteiger partial charge in [-0.25, -0.2) is 0 Å². The Morgan fingerprint density at radius 3 is 2.17 bits per heavy atom. The fourth-order valence-corrected chi connectivity index (χ4v) is 0.138. The molecule has 0 atom stereocenters. The van der Waals surface area contributed by atoms with Gasteiger partial charge in [0, 0.05) is 0 Å². The Morgan fingerprint density at radius 2 is 2.17 bits per heavy atom. The highest BCUT2D eigenvalue weighted by Gasteiger charge is 1.94. The van der Waals surface area contributed by atoms with Crippen LogP contribution in [-0.4, -0.2) is 17.7 Å². The number of hydrogen-bond donors (Lipinski definition) is 1. The Kier molecular flexibility index (Phi) is 4.10. The van der Waals surface area contributed by atoms with Crippen molar-refractivity contribution >= 4 is 30.9 Å². The van der Waals surface area contributed by atoms with Gasteiger partial charge in [0.1, 0.15) is 0 Å².